The molecule has 0 atom stereocenters. The molecule has 0 unspecified atom stereocenters. The third-order valence-corrected chi connectivity index (χ3v) is 9.59. The Labute approximate surface area is 292 Å². The van der Waals surface area contributed by atoms with Crippen molar-refractivity contribution in [2.24, 2.45) is 0 Å². The zero-order chi connectivity index (χ0) is 33.3. The second kappa shape index (κ2) is 12.8. The van der Waals surface area contributed by atoms with E-state index in [-0.39, 0.29) is 0 Å². The summed E-state index contributed by atoms with van der Waals surface area (Å²) in [5.74, 6) is 0. The highest BCUT2D eigenvalue weighted by molar-refractivity contribution is 6.11. The monoisotopic (exact) mass is 638 g/mol. The fourth-order valence-corrected chi connectivity index (χ4v) is 7.13. The summed E-state index contributed by atoms with van der Waals surface area (Å²) in [6.45, 7) is 0. The lowest BCUT2D eigenvalue weighted by molar-refractivity contribution is 1.18. The van der Waals surface area contributed by atoms with Crippen molar-refractivity contribution >= 4 is 38.9 Å². The number of aromatic nitrogens is 1. The second-order valence-electron chi connectivity index (χ2n) is 12.6. The van der Waals surface area contributed by atoms with Crippen molar-refractivity contribution in [2.75, 3.05) is 4.90 Å². The van der Waals surface area contributed by atoms with Crippen LogP contribution in [0.2, 0.25) is 0 Å². The first-order chi connectivity index (χ1) is 24.8. The summed E-state index contributed by atoms with van der Waals surface area (Å²) in [7, 11) is 0. The lowest BCUT2D eigenvalue weighted by Crippen LogP contribution is -2.09. The Morgan fingerprint density at radius 2 is 0.620 bits per heavy atom. The molecule has 0 bridgehead atoms. The van der Waals surface area contributed by atoms with Crippen molar-refractivity contribution in [3.8, 4) is 39.1 Å². The molecule has 0 saturated heterocycles. The van der Waals surface area contributed by atoms with E-state index >= 15 is 0 Å². The van der Waals surface area contributed by atoms with E-state index in [2.05, 4.69) is 216 Å². The number of benzene rings is 8. The molecule has 2 nitrogen and oxygen atoms in total. The second-order valence-corrected chi connectivity index (χ2v) is 12.6. The van der Waals surface area contributed by atoms with Gasteiger partial charge in [-0.25, -0.2) is 0 Å². The number of anilines is 3. The summed E-state index contributed by atoms with van der Waals surface area (Å²) in [6.07, 6.45) is 0. The number of fused-ring (bicyclic) bond motifs is 3. The van der Waals surface area contributed by atoms with Crippen molar-refractivity contribution < 1.29 is 0 Å². The highest BCUT2D eigenvalue weighted by Crippen LogP contribution is 2.39. The first kappa shape index (κ1) is 29.5. The van der Waals surface area contributed by atoms with Crippen LogP contribution in [-0.4, -0.2) is 4.57 Å². The van der Waals surface area contributed by atoms with Crippen LogP contribution in [0, 0.1) is 0 Å². The van der Waals surface area contributed by atoms with Crippen LogP contribution in [-0.2, 0) is 0 Å². The molecule has 0 N–H and O–H groups in total. The van der Waals surface area contributed by atoms with Gasteiger partial charge in [0, 0.05) is 33.5 Å². The molecule has 8 aromatic carbocycles. The molecular weight excluding hydrogens is 605 g/mol. The van der Waals surface area contributed by atoms with Crippen molar-refractivity contribution in [1.82, 2.24) is 4.57 Å². The van der Waals surface area contributed by atoms with Crippen LogP contribution in [0.4, 0.5) is 17.1 Å². The Morgan fingerprint density at radius 1 is 0.280 bits per heavy atom. The number of rotatable bonds is 7. The van der Waals surface area contributed by atoms with Gasteiger partial charge in [0.25, 0.3) is 0 Å². The molecule has 1 heterocycles. The summed E-state index contributed by atoms with van der Waals surface area (Å²) in [4.78, 5) is 2.32. The third-order valence-electron chi connectivity index (χ3n) is 9.59. The van der Waals surface area contributed by atoms with Crippen molar-refractivity contribution in [3.63, 3.8) is 0 Å². The maximum absolute atomic E-state index is 2.38. The minimum absolute atomic E-state index is 1.11. The average molecular weight is 639 g/mol. The van der Waals surface area contributed by atoms with Gasteiger partial charge in [0.05, 0.1) is 11.0 Å². The quantitative estimate of drug-likeness (QED) is 0.169. The van der Waals surface area contributed by atoms with Crippen LogP contribution < -0.4 is 4.90 Å². The smallest absolute Gasteiger partial charge is 0.0541 e. The average Bonchev–Trinajstić information content (AvgIpc) is 3.53. The van der Waals surface area contributed by atoms with Gasteiger partial charge in [-0.15, -0.1) is 0 Å². The third kappa shape index (κ3) is 5.43. The van der Waals surface area contributed by atoms with Crippen molar-refractivity contribution in [2.45, 2.75) is 0 Å². The Bertz CT molecular complexity index is 2540. The van der Waals surface area contributed by atoms with Gasteiger partial charge >= 0.3 is 0 Å². The van der Waals surface area contributed by atoms with Crippen LogP contribution >= 0.6 is 0 Å². The Morgan fingerprint density at radius 3 is 1.10 bits per heavy atom. The molecule has 0 aliphatic carbocycles. The van der Waals surface area contributed by atoms with E-state index < -0.39 is 0 Å². The predicted molar refractivity (Wildman–Crippen MR) is 212 cm³/mol. The number of hydrogen-bond acceptors (Lipinski definition) is 1. The molecule has 1 aromatic heterocycles. The van der Waals surface area contributed by atoms with Gasteiger partial charge in [-0.05, 0) is 106 Å². The molecule has 0 aliphatic rings. The van der Waals surface area contributed by atoms with Gasteiger partial charge in [0.2, 0.25) is 0 Å². The van der Waals surface area contributed by atoms with Crippen LogP contribution in [0.25, 0.3) is 60.9 Å². The molecule has 0 radical (unpaired) electrons. The molecule has 0 aliphatic heterocycles. The molecule has 0 amide bonds. The maximum Gasteiger partial charge on any atom is 0.0541 e. The number of nitrogens with zero attached hydrogens (tertiary/aromatic N) is 2. The standard InChI is InChI=1S/C48H34N2/c1-5-13-35(14-6-1)37-21-27-43(28-22-37)49(41-17-9-3-10-18-41)44-29-23-38(24-30-44)40-26-32-48-46(34-40)45-33-39(36-15-7-2-8-16-36)25-31-47(45)50(48)42-19-11-4-12-20-42/h1-34H. The molecule has 9 aromatic rings. The number of hydrogen-bond donors (Lipinski definition) is 0. The van der Waals surface area contributed by atoms with Crippen LogP contribution in [0.3, 0.4) is 0 Å². The van der Waals surface area contributed by atoms with Gasteiger partial charge in [-0.3, -0.25) is 0 Å². The first-order valence-electron chi connectivity index (χ1n) is 17.1. The van der Waals surface area contributed by atoms with Crippen molar-refractivity contribution in [1.29, 1.82) is 0 Å². The van der Waals surface area contributed by atoms with Gasteiger partial charge in [0.15, 0.2) is 0 Å². The fourth-order valence-electron chi connectivity index (χ4n) is 7.13. The summed E-state index contributed by atoms with van der Waals surface area (Å²) >= 11 is 0. The molecular formula is C48H34N2. The maximum atomic E-state index is 2.38. The molecule has 236 valence electrons. The van der Waals surface area contributed by atoms with Gasteiger partial charge in [-0.1, -0.05) is 133 Å². The summed E-state index contributed by atoms with van der Waals surface area (Å²) in [6, 6.07) is 74.0. The molecule has 0 spiro atoms. The fraction of sp³-hybridized carbons (Fsp3) is 0. The van der Waals surface area contributed by atoms with Crippen LogP contribution in [0.1, 0.15) is 0 Å². The largest absolute Gasteiger partial charge is 0.311 e. The van der Waals surface area contributed by atoms with E-state index in [4.69, 9.17) is 0 Å². The zero-order valence-electron chi connectivity index (χ0n) is 27.5. The van der Waals surface area contributed by atoms with E-state index in [0.29, 0.717) is 0 Å². The molecule has 9 rings (SSSR count). The predicted octanol–water partition coefficient (Wildman–Crippen LogP) is 13.3. The zero-order valence-corrected chi connectivity index (χ0v) is 27.5. The molecule has 0 saturated carbocycles. The van der Waals surface area contributed by atoms with Crippen molar-refractivity contribution in [3.05, 3.63) is 206 Å². The SMILES string of the molecule is c1ccc(-c2ccc(N(c3ccccc3)c3ccc(-c4ccc5c(c4)c4cc(-c6ccccc6)ccc4n5-c4ccccc4)cc3)cc2)cc1. The van der Waals surface area contributed by atoms with Gasteiger partial charge in [0.1, 0.15) is 0 Å². The highest BCUT2D eigenvalue weighted by Gasteiger charge is 2.16. The minimum Gasteiger partial charge on any atom is -0.311 e. The summed E-state index contributed by atoms with van der Waals surface area (Å²) in [5.41, 5.74) is 14.2. The topological polar surface area (TPSA) is 8.17 Å². The summed E-state index contributed by atoms with van der Waals surface area (Å²) < 4.78 is 2.38. The first-order valence-corrected chi connectivity index (χ1v) is 17.1. The number of para-hydroxylation sites is 2. The molecule has 0 fully saturated rings. The van der Waals surface area contributed by atoms with E-state index in [1.165, 1.54) is 55.2 Å². The lowest BCUT2D eigenvalue weighted by Gasteiger charge is -2.26. The van der Waals surface area contributed by atoms with Gasteiger partial charge in [-0.2, -0.15) is 0 Å². The van der Waals surface area contributed by atoms with E-state index in [0.717, 1.165) is 22.7 Å². The summed E-state index contributed by atoms with van der Waals surface area (Å²) in [5, 5.41) is 2.49. The Kier molecular flexibility index (Phi) is 7.53. The Balaban J connectivity index is 1.12. The highest BCUT2D eigenvalue weighted by atomic mass is 15.1. The normalized spacial score (nSPS) is 11.2. The van der Waals surface area contributed by atoms with Gasteiger partial charge < -0.3 is 9.47 Å². The molecule has 50 heavy (non-hydrogen) atoms. The van der Waals surface area contributed by atoms with Crippen LogP contribution in [0.5, 0.6) is 0 Å². The van der Waals surface area contributed by atoms with E-state index in [1.807, 2.05) is 0 Å². The lowest BCUT2D eigenvalue weighted by atomic mass is 10.00. The van der Waals surface area contributed by atoms with E-state index in [1.54, 1.807) is 0 Å². The van der Waals surface area contributed by atoms with Crippen LogP contribution in [0.15, 0.2) is 206 Å². The molecule has 2 heteroatoms. The van der Waals surface area contributed by atoms with E-state index in [9.17, 15) is 0 Å². The Hall–Kier alpha value is -6.64. The minimum atomic E-state index is 1.11.